The standard InChI is InChI=1S/C8H12BrN3O/c1-2-10-3-4-13-8-7(9)5-11-6-12-8/h5-6,10H,2-4H2,1H3. The lowest BCUT2D eigenvalue weighted by Crippen LogP contribution is -2.20. The normalized spacial score (nSPS) is 10.0. The highest BCUT2D eigenvalue weighted by molar-refractivity contribution is 9.10. The van der Waals surface area contributed by atoms with E-state index in [1.165, 1.54) is 6.33 Å². The van der Waals surface area contributed by atoms with E-state index in [4.69, 9.17) is 4.74 Å². The van der Waals surface area contributed by atoms with E-state index in [9.17, 15) is 0 Å². The maximum Gasteiger partial charge on any atom is 0.231 e. The Kier molecular flexibility index (Phi) is 4.70. The minimum absolute atomic E-state index is 0.591. The molecule has 0 fully saturated rings. The van der Waals surface area contributed by atoms with Gasteiger partial charge in [0.05, 0.1) is 4.47 Å². The lowest BCUT2D eigenvalue weighted by Gasteiger charge is -2.05. The second-order valence-electron chi connectivity index (χ2n) is 2.38. The fourth-order valence-electron chi connectivity index (χ4n) is 0.804. The number of nitrogens with one attached hydrogen (secondary N) is 1. The highest BCUT2D eigenvalue weighted by atomic mass is 79.9. The molecule has 1 rings (SSSR count). The number of aromatic nitrogens is 2. The third-order valence-corrected chi connectivity index (χ3v) is 1.95. The van der Waals surface area contributed by atoms with E-state index >= 15 is 0 Å². The van der Waals surface area contributed by atoms with Crippen LogP contribution in [0.4, 0.5) is 0 Å². The van der Waals surface area contributed by atoms with Crippen molar-refractivity contribution in [3.05, 3.63) is 17.0 Å². The maximum atomic E-state index is 5.38. The number of nitrogens with zero attached hydrogens (tertiary/aromatic N) is 2. The van der Waals surface area contributed by atoms with E-state index in [0.29, 0.717) is 12.5 Å². The zero-order valence-corrected chi connectivity index (χ0v) is 9.04. The molecule has 0 aromatic carbocycles. The molecule has 0 aliphatic heterocycles. The number of rotatable bonds is 5. The zero-order chi connectivity index (χ0) is 9.52. The fraction of sp³-hybridized carbons (Fsp3) is 0.500. The van der Waals surface area contributed by atoms with Gasteiger partial charge in [-0.05, 0) is 22.5 Å². The van der Waals surface area contributed by atoms with Crippen LogP contribution in [-0.2, 0) is 0 Å². The summed E-state index contributed by atoms with van der Waals surface area (Å²) in [4.78, 5) is 7.80. The summed E-state index contributed by atoms with van der Waals surface area (Å²) in [5.74, 6) is 0.591. The monoisotopic (exact) mass is 245 g/mol. The van der Waals surface area contributed by atoms with Crippen molar-refractivity contribution in [1.29, 1.82) is 0 Å². The average molecular weight is 246 g/mol. The summed E-state index contributed by atoms with van der Waals surface area (Å²) in [6, 6.07) is 0. The molecule has 0 atom stereocenters. The first-order chi connectivity index (χ1) is 6.34. The first-order valence-electron chi connectivity index (χ1n) is 4.13. The average Bonchev–Trinajstić information content (AvgIpc) is 2.15. The van der Waals surface area contributed by atoms with Crippen LogP contribution < -0.4 is 10.1 Å². The van der Waals surface area contributed by atoms with Gasteiger partial charge in [0, 0.05) is 12.7 Å². The lowest BCUT2D eigenvalue weighted by atomic mass is 10.6. The molecule has 0 aliphatic carbocycles. The Morgan fingerprint density at radius 1 is 1.62 bits per heavy atom. The molecular formula is C8H12BrN3O. The van der Waals surface area contributed by atoms with Crippen molar-refractivity contribution in [2.75, 3.05) is 19.7 Å². The summed E-state index contributed by atoms with van der Waals surface area (Å²) < 4.78 is 6.16. The van der Waals surface area contributed by atoms with Gasteiger partial charge in [-0.15, -0.1) is 0 Å². The molecular weight excluding hydrogens is 234 g/mol. The SMILES string of the molecule is CCNCCOc1ncncc1Br. The van der Waals surface area contributed by atoms with Gasteiger partial charge in [-0.1, -0.05) is 6.92 Å². The highest BCUT2D eigenvalue weighted by Crippen LogP contribution is 2.18. The molecule has 1 aromatic rings. The number of hydrogen-bond acceptors (Lipinski definition) is 4. The summed E-state index contributed by atoms with van der Waals surface area (Å²) in [6.45, 7) is 4.45. The Bertz CT molecular complexity index is 257. The predicted molar refractivity (Wildman–Crippen MR) is 53.8 cm³/mol. The molecule has 0 amide bonds. The van der Waals surface area contributed by atoms with Gasteiger partial charge in [-0.2, -0.15) is 0 Å². The number of ether oxygens (including phenoxy) is 1. The second-order valence-corrected chi connectivity index (χ2v) is 3.23. The summed E-state index contributed by atoms with van der Waals surface area (Å²) in [5.41, 5.74) is 0. The molecule has 5 heteroatoms. The minimum Gasteiger partial charge on any atom is -0.475 e. The van der Waals surface area contributed by atoms with Crippen LogP contribution >= 0.6 is 15.9 Å². The first-order valence-corrected chi connectivity index (χ1v) is 4.93. The molecule has 13 heavy (non-hydrogen) atoms. The molecule has 1 N–H and O–H groups in total. The van der Waals surface area contributed by atoms with Crippen molar-refractivity contribution in [3.63, 3.8) is 0 Å². The number of likely N-dealkylation sites (N-methyl/N-ethyl adjacent to an activating group) is 1. The Hall–Kier alpha value is -0.680. The largest absolute Gasteiger partial charge is 0.475 e. The van der Waals surface area contributed by atoms with Crippen molar-refractivity contribution >= 4 is 15.9 Å². The molecule has 72 valence electrons. The summed E-state index contributed by atoms with van der Waals surface area (Å²) in [5, 5.41) is 3.15. The van der Waals surface area contributed by atoms with E-state index in [2.05, 4.69) is 38.1 Å². The highest BCUT2D eigenvalue weighted by Gasteiger charge is 2.00. The van der Waals surface area contributed by atoms with Crippen molar-refractivity contribution in [2.45, 2.75) is 6.92 Å². The van der Waals surface area contributed by atoms with Gasteiger partial charge in [0.1, 0.15) is 12.9 Å². The molecule has 4 nitrogen and oxygen atoms in total. The quantitative estimate of drug-likeness (QED) is 0.794. The summed E-state index contributed by atoms with van der Waals surface area (Å²) in [7, 11) is 0. The van der Waals surface area contributed by atoms with Crippen molar-refractivity contribution in [3.8, 4) is 5.88 Å². The molecule has 0 spiro atoms. The third-order valence-electron chi connectivity index (χ3n) is 1.40. The first kappa shape index (κ1) is 10.4. The number of hydrogen-bond donors (Lipinski definition) is 1. The summed E-state index contributed by atoms with van der Waals surface area (Å²) >= 11 is 3.30. The van der Waals surface area contributed by atoms with Gasteiger partial charge < -0.3 is 10.1 Å². The van der Waals surface area contributed by atoms with Gasteiger partial charge in [-0.3, -0.25) is 0 Å². The fourth-order valence-corrected chi connectivity index (χ4v) is 1.14. The van der Waals surface area contributed by atoms with E-state index in [-0.39, 0.29) is 0 Å². The number of halogens is 1. The third kappa shape index (κ3) is 3.69. The molecule has 0 radical (unpaired) electrons. The molecule has 0 aliphatic rings. The maximum absolute atomic E-state index is 5.38. The Morgan fingerprint density at radius 3 is 3.15 bits per heavy atom. The molecule has 0 saturated carbocycles. The van der Waals surface area contributed by atoms with Crippen LogP contribution in [0.5, 0.6) is 5.88 Å². The van der Waals surface area contributed by atoms with Crippen LogP contribution in [0.2, 0.25) is 0 Å². The Labute approximate surface area is 85.9 Å². The molecule has 1 heterocycles. The van der Waals surface area contributed by atoms with Crippen molar-refractivity contribution < 1.29 is 4.74 Å². The second kappa shape index (κ2) is 5.88. The smallest absolute Gasteiger partial charge is 0.231 e. The Balaban J connectivity index is 2.32. The van der Waals surface area contributed by atoms with Gasteiger partial charge in [0.2, 0.25) is 5.88 Å². The van der Waals surface area contributed by atoms with Crippen LogP contribution in [-0.4, -0.2) is 29.7 Å². The molecule has 1 aromatic heterocycles. The van der Waals surface area contributed by atoms with E-state index in [1.54, 1.807) is 6.20 Å². The van der Waals surface area contributed by atoms with Gasteiger partial charge in [0.25, 0.3) is 0 Å². The van der Waals surface area contributed by atoms with E-state index in [0.717, 1.165) is 17.6 Å². The van der Waals surface area contributed by atoms with Gasteiger partial charge >= 0.3 is 0 Å². The van der Waals surface area contributed by atoms with Crippen LogP contribution in [0.15, 0.2) is 17.0 Å². The van der Waals surface area contributed by atoms with Crippen LogP contribution in [0, 0.1) is 0 Å². The summed E-state index contributed by atoms with van der Waals surface area (Å²) in [6.07, 6.45) is 3.13. The van der Waals surface area contributed by atoms with E-state index < -0.39 is 0 Å². The van der Waals surface area contributed by atoms with Crippen molar-refractivity contribution in [1.82, 2.24) is 15.3 Å². The van der Waals surface area contributed by atoms with Gasteiger partial charge in [-0.25, -0.2) is 9.97 Å². The van der Waals surface area contributed by atoms with Crippen LogP contribution in [0.3, 0.4) is 0 Å². The molecule has 0 saturated heterocycles. The molecule has 0 unspecified atom stereocenters. The van der Waals surface area contributed by atoms with Crippen LogP contribution in [0.1, 0.15) is 6.92 Å². The molecule has 0 bridgehead atoms. The topological polar surface area (TPSA) is 47.0 Å². The van der Waals surface area contributed by atoms with Gasteiger partial charge in [0.15, 0.2) is 0 Å². The lowest BCUT2D eigenvalue weighted by molar-refractivity contribution is 0.301. The Morgan fingerprint density at radius 2 is 2.46 bits per heavy atom. The van der Waals surface area contributed by atoms with Crippen molar-refractivity contribution in [2.24, 2.45) is 0 Å². The zero-order valence-electron chi connectivity index (χ0n) is 7.46. The van der Waals surface area contributed by atoms with Crippen LogP contribution in [0.25, 0.3) is 0 Å². The predicted octanol–water partition coefficient (Wildman–Crippen LogP) is 1.23. The van der Waals surface area contributed by atoms with E-state index in [1.807, 2.05) is 0 Å². The minimum atomic E-state index is 0.591.